The van der Waals surface area contributed by atoms with Crippen molar-refractivity contribution in [3.8, 4) is 22.6 Å². The number of ether oxygens (including phenoxy) is 2. The monoisotopic (exact) mass is 610 g/mol. The van der Waals surface area contributed by atoms with Crippen molar-refractivity contribution in [3.05, 3.63) is 170 Å². The van der Waals surface area contributed by atoms with Crippen molar-refractivity contribution in [1.29, 1.82) is 0 Å². The molecule has 0 aliphatic heterocycles. The lowest BCUT2D eigenvalue weighted by atomic mass is 10.1. The van der Waals surface area contributed by atoms with Gasteiger partial charge in [0.15, 0.2) is 0 Å². The molecular formula is C40H36O2P2. The summed E-state index contributed by atoms with van der Waals surface area (Å²) in [7, 11) is -0.922. The first-order chi connectivity index (χ1) is 21.8. The molecule has 0 radical (unpaired) electrons. The Balaban J connectivity index is 1.02. The van der Waals surface area contributed by atoms with Crippen molar-refractivity contribution in [2.75, 3.05) is 25.5 Å². The minimum Gasteiger partial charge on any atom is -0.493 e. The molecule has 218 valence electrons. The highest BCUT2D eigenvalue weighted by atomic mass is 31.1. The van der Waals surface area contributed by atoms with Crippen molar-refractivity contribution < 1.29 is 9.47 Å². The van der Waals surface area contributed by atoms with Crippen LogP contribution in [0.3, 0.4) is 0 Å². The Kier molecular flexibility index (Phi) is 10.5. The Morgan fingerprint density at radius 1 is 0.318 bits per heavy atom. The summed E-state index contributed by atoms with van der Waals surface area (Å²) < 4.78 is 12.4. The second-order valence-electron chi connectivity index (χ2n) is 10.4. The molecule has 0 atom stereocenters. The van der Waals surface area contributed by atoms with E-state index in [1.807, 2.05) is 0 Å². The second-order valence-corrected chi connectivity index (χ2v) is 15.1. The van der Waals surface area contributed by atoms with Crippen molar-refractivity contribution in [2.24, 2.45) is 0 Å². The van der Waals surface area contributed by atoms with Crippen LogP contribution in [0.25, 0.3) is 11.1 Å². The molecule has 0 fully saturated rings. The smallest absolute Gasteiger partial charge is 0.119 e. The van der Waals surface area contributed by atoms with E-state index in [-0.39, 0.29) is 0 Å². The van der Waals surface area contributed by atoms with E-state index >= 15 is 0 Å². The first kappa shape index (κ1) is 29.8. The molecular weight excluding hydrogens is 574 g/mol. The molecule has 0 N–H and O–H groups in total. The van der Waals surface area contributed by atoms with E-state index in [0.29, 0.717) is 13.2 Å². The van der Waals surface area contributed by atoms with E-state index < -0.39 is 15.8 Å². The minimum absolute atomic E-state index is 0.461. The molecule has 0 aliphatic rings. The number of hydrogen-bond acceptors (Lipinski definition) is 2. The van der Waals surface area contributed by atoms with Gasteiger partial charge in [-0.3, -0.25) is 0 Å². The summed E-state index contributed by atoms with van der Waals surface area (Å²) in [5.41, 5.74) is 2.33. The predicted molar refractivity (Wildman–Crippen MR) is 191 cm³/mol. The van der Waals surface area contributed by atoms with Crippen LogP contribution in [-0.4, -0.2) is 25.5 Å². The fourth-order valence-electron chi connectivity index (χ4n) is 5.24. The van der Waals surface area contributed by atoms with Crippen LogP contribution in [0.1, 0.15) is 0 Å². The average molecular weight is 611 g/mol. The number of hydrogen-bond donors (Lipinski definition) is 0. The molecule has 0 saturated heterocycles. The van der Waals surface area contributed by atoms with E-state index in [1.165, 1.54) is 21.2 Å². The molecule has 0 unspecified atom stereocenters. The maximum atomic E-state index is 6.21. The van der Waals surface area contributed by atoms with Crippen LogP contribution in [0.5, 0.6) is 11.5 Å². The number of rotatable bonds is 13. The van der Waals surface area contributed by atoms with E-state index in [2.05, 4.69) is 170 Å². The quantitative estimate of drug-likeness (QED) is 0.122. The van der Waals surface area contributed by atoms with Crippen LogP contribution in [-0.2, 0) is 0 Å². The van der Waals surface area contributed by atoms with Crippen LogP contribution in [0.2, 0.25) is 0 Å². The first-order valence-electron chi connectivity index (χ1n) is 15.0. The topological polar surface area (TPSA) is 18.5 Å². The van der Waals surface area contributed by atoms with Gasteiger partial charge >= 0.3 is 0 Å². The van der Waals surface area contributed by atoms with Gasteiger partial charge in [-0.05, 0) is 72.5 Å². The lowest BCUT2D eigenvalue weighted by molar-refractivity contribution is 0.343. The van der Waals surface area contributed by atoms with Crippen molar-refractivity contribution in [3.63, 3.8) is 0 Å². The molecule has 0 aliphatic carbocycles. The van der Waals surface area contributed by atoms with Crippen LogP contribution < -0.4 is 30.7 Å². The van der Waals surface area contributed by atoms with Gasteiger partial charge in [0.2, 0.25) is 0 Å². The van der Waals surface area contributed by atoms with E-state index in [4.69, 9.17) is 9.47 Å². The van der Waals surface area contributed by atoms with Gasteiger partial charge < -0.3 is 9.47 Å². The highest BCUT2D eigenvalue weighted by Gasteiger charge is 2.15. The Hall–Kier alpha value is -4.22. The third-order valence-electron chi connectivity index (χ3n) is 7.48. The molecule has 0 aromatic heterocycles. The lowest BCUT2D eigenvalue weighted by Gasteiger charge is -2.19. The van der Waals surface area contributed by atoms with Gasteiger partial charge in [0, 0.05) is 12.3 Å². The fourth-order valence-corrected chi connectivity index (χ4v) is 9.55. The zero-order valence-corrected chi connectivity index (χ0v) is 26.5. The third-order valence-corrected chi connectivity index (χ3v) is 12.4. The van der Waals surface area contributed by atoms with Gasteiger partial charge in [-0.1, -0.05) is 146 Å². The molecule has 0 heterocycles. The van der Waals surface area contributed by atoms with Crippen LogP contribution in [0.15, 0.2) is 170 Å². The Labute approximate surface area is 263 Å². The Bertz CT molecular complexity index is 1470. The average Bonchev–Trinajstić information content (AvgIpc) is 3.11. The van der Waals surface area contributed by atoms with Gasteiger partial charge in [-0.2, -0.15) is 0 Å². The van der Waals surface area contributed by atoms with Crippen LogP contribution >= 0.6 is 15.8 Å². The summed E-state index contributed by atoms with van der Waals surface area (Å²) >= 11 is 0. The molecule has 44 heavy (non-hydrogen) atoms. The number of benzene rings is 6. The summed E-state index contributed by atoms with van der Waals surface area (Å²) in [5.74, 6) is 1.80. The molecule has 0 saturated carbocycles. The van der Waals surface area contributed by atoms with Gasteiger partial charge in [0.05, 0.1) is 13.2 Å². The standard InChI is InChI=1S/C40H36O2P2/c1-5-13-37(14-6-1)43(38-15-7-2-8-16-38)31-29-41-35-25-21-33(22-26-35)34-23-27-36(28-24-34)42-30-32-44(39-17-9-3-10-18-39)40-19-11-4-12-20-40/h1-28H,29-32H2. The van der Waals surface area contributed by atoms with E-state index in [0.717, 1.165) is 34.9 Å². The predicted octanol–water partition coefficient (Wildman–Crippen LogP) is 8.38. The van der Waals surface area contributed by atoms with Crippen LogP contribution in [0.4, 0.5) is 0 Å². The lowest BCUT2D eigenvalue weighted by Crippen LogP contribution is -2.17. The maximum absolute atomic E-state index is 6.21. The molecule has 2 nitrogen and oxygen atoms in total. The zero-order chi connectivity index (χ0) is 29.8. The molecule has 4 heteroatoms. The Morgan fingerprint density at radius 2 is 0.591 bits per heavy atom. The third kappa shape index (κ3) is 8.03. The molecule has 0 bridgehead atoms. The normalized spacial score (nSPS) is 11.0. The van der Waals surface area contributed by atoms with E-state index in [1.54, 1.807) is 0 Å². The van der Waals surface area contributed by atoms with Gasteiger partial charge in [0.1, 0.15) is 11.5 Å². The highest BCUT2D eigenvalue weighted by molar-refractivity contribution is 7.73. The van der Waals surface area contributed by atoms with Gasteiger partial charge in [-0.15, -0.1) is 0 Å². The summed E-state index contributed by atoms with van der Waals surface area (Å²) in [6, 6.07) is 60.0. The Morgan fingerprint density at radius 3 is 0.864 bits per heavy atom. The summed E-state index contributed by atoms with van der Waals surface area (Å²) in [6.45, 7) is 1.36. The summed E-state index contributed by atoms with van der Waals surface area (Å²) in [6.07, 6.45) is 1.95. The molecule has 6 aromatic rings. The second kappa shape index (κ2) is 15.5. The fraction of sp³-hybridized carbons (Fsp3) is 0.100. The zero-order valence-electron chi connectivity index (χ0n) is 24.7. The van der Waals surface area contributed by atoms with Crippen molar-refractivity contribution in [1.82, 2.24) is 0 Å². The summed E-state index contributed by atoms with van der Waals surface area (Å²) in [5, 5.41) is 5.53. The summed E-state index contributed by atoms with van der Waals surface area (Å²) in [4.78, 5) is 0. The SMILES string of the molecule is c1ccc(P(CCOc2ccc(-c3ccc(OCCP(c4ccccc4)c4ccccc4)cc3)cc2)c2ccccc2)cc1. The molecule has 0 amide bonds. The maximum Gasteiger partial charge on any atom is 0.119 e. The van der Waals surface area contributed by atoms with Crippen molar-refractivity contribution >= 4 is 37.1 Å². The van der Waals surface area contributed by atoms with Crippen LogP contribution in [0, 0.1) is 0 Å². The minimum atomic E-state index is -0.461. The largest absolute Gasteiger partial charge is 0.493 e. The molecule has 6 rings (SSSR count). The highest BCUT2D eigenvalue weighted by Crippen LogP contribution is 2.34. The molecule has 6 aromatic carbocycles. The van der Waals surface area contributed by atoms with Gasteiger partial charge in [-0.25, -0.2) is 0 Å². The van der Waals surface area contributed by atoms with E-state index in [9.17, 15) is 0 Å². The molecule has 0 spiro atoms. The first-order valence-corrected chi connectivity index (χ1v) is 18.1. The van der Waals surface area contributed by atoms with Gasteiger partial charge in [0.25, 0.3) is 0 Å². The van der Waals surface area contributed by atoms with Crippen molar-refractivity contribution in [2.45, 2.75) is 0 Å².